The first-order chi connectivity index (χ1) is 13.2. The van der Waals surface area contributed by atoms with Crippen molar-refractivity contribution in [1.29, 1.82) is 0 Å². The van der Waals surface area contributed by atoms with E-state index in [1.54, 1.807) is 0 Å². The van der Waals surface area contributed by atoms with Gasteiger partial charge < -0.3 is 16.2 Å². The Bertz CT molecular complexity index is 728. The van der Waals surface area contributed by atoms with Crippen molar-refractivity contribution < 1.29 is 23.1 Å². The van der Waals surface area contributed by atoms with Crippen LogP contribution in [0.2, 0.25) is 0 Å². The first-order valence-corrected chi connectivity index (χ1v) is 11.0. The summed E-state index contributed by atoms with van der Waals surface area (Å²) in [6.07, 6.45) is 3.02. The fraction of sp³-hybridized carbons (Fsp3) is 0.579. The van der Waals surface area contributed by atoms with Crippen molar-refractivity contribution in [2.75, 3.05) is 19.6 Å². The lowest BCUT2D eigenvalue weighted by Crippen LogP contribution is -2.32. The van der Waals surface area contributed by atoms with E-state index < -0.39 is 22.0 Å². The molecule has 0 radical (unpaired) electrons. The molecular formula is C19H31N3O5S. The number of benzene rings is 1. The summed E-state index contributed by atoms with van der Waals surface area (Å²) in [5.41, 5.74) is 5.79. The predicted molar refractivity (Wildman–Crippen MR) is 108 cm³/mol. The molecule has 1 aromatic carbocycles. The number of carbonyl (C=O) groups excluding carboxylic acids is 1. The van der Waals surface area contributed by atoms with Crippen LogP contribution in [0.5, 0.6) is 0 Å². The number of nitrogens with one attached hydrogen (secondary N) is 1. The van der Waals surface area contributed by atoms with Crippen molar-refractivity contribution in [1.82, 2.24) is 9.62 Å². The molecule has 0 aliphatic carbocycles. The van der Waals surface area contributed by atoms with Gasteiger partial charge in [0.2, 0.25) is 10.0 Å². The van der Waals surface area contributed by atoms with Gasteiger partial charge in [-0.2, -0.15) is 4.31 Å². The number of unbranched alkanes of at least 4 members (excludes halogenated alkanes) is 1. The summed E-state index contributed by atoms with van der Waals surface area (Å²) in [7, 11) is -3.57. The number of hydrogen-bond donors (Lipinski definition) is 3. The zero-order valence-corrected chi connectivity index (χ0v) is 17.4. The fourth-order valence-electron chi connectivity index (χ4n) is 2.70. The first-order valence-electron chi connectivity index (χ1n) is 9.60. The van der Waals surface area contributed by atoms with Crippen LogP contribution >= 0.6 is 0 Å². The van der Waals surface area contributed by atoms with E-state index >= 15 is 0 Å². The van der Waals surface area contributed by atoms with Crippen LogP contribution in [0.4, 0.5) is 0 Å². The molecule has 8 nitrogen and oxygen atoms in total. The van der Waals surface area contributed by atoms with Crippen LogP contribution in [0.3, 0.4) is 0 Å². The van der Waals surface area contributed by atoms with Crippen molar-refractivity contribution in [3.63, 3.8) is 0 Å². The zero-order chi connectivity index (χ0) is 21.2. The summed E-state index contributed by atoms with van der Waals surface area (Å²) < 4.78 is 26.9. The Balaban J connectivity index is 2.61. The molecule has 0 fully saturated rings. The number of hydrogen-bond acceptors (Lipinski definition) is 5. The second kappa shape index (κ2) is 11.8. The van der Waals surface area contributed by atoms with Gasteiger partial charge >= 0.3 is 5.97 Å². The smallest absolute Gasteiger partial charge is 0.320 e. The minimum atomic E-state index is -3.57. The molecule has 0 aromatic heterocycles. The average molecular weight is 414 g/mol. The zero-order valence-electron chi connectivity index (χ0n) is 16.6. The van der Waals surface area contributed by atoms with E-state index in [-0.39, 0.29) is 10.8 Å². The number of amides is 1. The van der Waals surface area contributed by atoms with Crippen LogP contribution in [0, 0.1) is 0 Å². The summed E-state index contributed by atoms with van der Waals surface area (Å²) in [6.45, 7) is 5.18. The molecule has 0 aliphatic rings. The molecule has 0 spiro atoms. The Labute approximate surface area is 167 Å². The maximum absolute atomic E-state index is 12.7. The lowest BCUT2D eigenvalue weighted by atomic mass is 10.1. The number of nitrogens with zero attached hydrogens (tertiary/aromatic N) is 1. The molecule has 1 amide bonds. The average Bonchev–Trinajstić information content (AvgIpc) is 2.67. The number of nitrogens with two attached hydrogens (primary N) is 1. The largest absolute Gasteiger partial charge is 0.480 e. The molecular weight excluding hydrogens is 382 g/mol. The van der Waals surface area contributed by atoms with Crippen molar-refractivity contribution in [2.45, 2.75) is 56.9 Å². The number of sulfonamides is 1. The third kappa shape index (κ3) is 7.21. The Morgan fingerprint density at radius 1 is 1.11 bits per heavy atom. The van der Waals surface area contributed by atoms with Crippen LogP contribution < -0.4 is 11.1 Å². The standard InChI is InChI=1S/C19H31N3O5S/c1-3-13-22(14-4-2)28(26,27)16-10-8-15(9-11-16)18(23)21-12-6-5-7-17(20)19(24)25/h8-11,17H,3-7,12-14,20H2,1-2H3,(H,21,23)(H,24,25)/t17-/m1/s1. The third-order valence-electron chi connectivity index (χ3n) is 4.24. The highest BCUT2D eigenvalue weighted by atomic mass is 32.2. The van der Waals surface area contributed by atoms with Crippen molar-refractivity contribution in [3.05, 3.63) is 29.8 Å². The van der Waals surface area contributed by atoms with Gasteiger partial charge in [-0.05, 0) is 56.4 Å². The maximum Gasteiger partial charge on any atom is 0.320 e. The lowest BCUT2D eigenvalue weighted by molar-refractivity contribution is -0.138. The topological polar surface area (TPSA) is 130 Å². The van der Waals surface area contributed by atoms with E-state index in [1.165, 1.54) is 28.6 Å². The molecule has 1 atom stereocenters. The molecule has 1 aromatic rings. The fourth-order valence-corrected chi connectivity index (χ4v) is 4.32. The van der Waals surface area contributed by atoms with Gasteiger partial charge in [0.25, 0.3) is 5.91 Å². The molecule has 0 saturated heterocycles. The van der Waals surface area contributed by atoms with Gasteiger partial charge in [0.15, 0.2) is 0 Å². The quantitative estimate of drug-likeness (QED) is 0.423. The van der Waals surface area contributed by atoms with E-state index in [0.717, 1.165) is 12.8 Å². The van der Waals surface area contributed by atoms with Gasteiger partial charge in [-0.15, -0.1) is 0 Å². The normalized spacial score (nSPS) is 12.7. The third-order valence-corrected chi connectivity index (χ3v) is 6.16. The van der Waals surface area contributed by atoms with Crippen molar-refractivity contribution >= 4 is 21.9 Å². The van der Waals surface area contributed by atoms with Gasteiger partial charge in [-0.3, -0.25) is 9.59 Å². The van der Waals surface area contributed by atoms with Gasteiger partial charge in [0, 0.05) is 25.2 Å². The molecule has 0 bridgehead atoms. The second-order valence-electron chi connectivity index (χ2n) is 6.62. The summed E-state index contributed by atoms with van der Waals surface area (Å²) in [6, 6.07) is 5.02. The number of carbonyl (C=O) groups is 2. The molecule has 0 saturated carbocycles. The maximum atomic E-state index is 12.7. The SMILES string of the molecule is CCCN(CCC)S(=O)(=O)c1ccc(C(=O)NCCCC[C@@H](N)C(=O)O)cc1. The van der Waals surface area contributed by atoms with Gasteiger partial charge in [-0.1, -0.05) is 13.8 Å². The van der Waals surface area contributed by atoms with E-state index in [9.17, 15) is 18.0 Å². The molecule has 9 heteroatoms. The monoisotopic (exact) mass is 413 g/mol. The summed E-state index contributed by atoms with van der Waals surface area (Å²) >= 11 is 0. The van der Waals surface area contributed by atoms with E-state index in [2.05, 4.69) is 5.32 Å². The summed E-state index contributed by atoms with van der Waals surface area (Å²) in [5.74, 6) is -1.33. The Morgan fingerprint density at radius 2 is 1.68 bits per heavy atom. The Kier molecular flexibility index (Phi) is 10.1. The van der Waals surface area contributed by atoms with E-state index in [4.69, 9.17) is 10.8 Å². The van der Waals surface area contributed by atoms with Crippen molar-refractivity contribution in [3.8, 4) is 0 Å². The highest BCUT2D eigenvalue weighted by Crippen LogP contribution is 2.17. The number of aliphatic carboxylic acids is 1. The molecule has 4 N–H and O–H groups in total. The van der Waals surface area contributed by atoms with Crippen LogP contribution in [0.15, 0.2) is 29.2 Å². The Morgan fingerprint density at radius 3 is 2.18 bits per heavy atom. The van der Waals surface area contributed by atoms with Gasteiger partial charge in [0.05, 0.1) is 4.90 Å². The van der Waals surface area contributed by atoms with Gasteiger partial charge in [-0.25, -0.2) is 8.42 Å². The van der Waals surface area contributed by atoms with Crippen LogP contribution in [-0.4, -0.2) is 55.4 Å². The number of carboxylic acid groups (broad SMARTS) is 1. The lowest BCUT2D eigenvalue weighted by Gasteiger charge is -2.21. The minimum absolute atomic E-state index is 0.175. The predicted octanol–water partition coefficient (Wildman–Crippen LogP) is 1.81. The first kappa shape index (κ1) is 24.1. The van der Waals surface area contributed by atoms with Crippen LogP contribution in [0.25, 0.3) is 0 Å². The molecule has 1 rings (SSSR count). The van der Waals surface area contributed by atoms with Crippen LogP contribution in [-0.2, 0) is 14.8 Å². The Hall–Kier alpha value is -1.97. The van der Waals surface area contributed by atoms with E-state index in [0.29, 0.717) is 44.5 Å². The highest BCUT2D eigenvalue weighted by molar-refractivity contribution is 7.89. The molecule has 0 heterocycles. The van der Waals surface area contributed by atoms with Crippen LogP contribution in [0.1, 0.15) is 56.3 Å². The van der Waals surface area contributed by atoms with E-state index in [1.807, 2.05) is 13.8 Å². The molecule has 0 aliphatic heterocycles. The highest BCUT2D eigenvalue weighted by Gasteiger charge is 2.23. The molecule has 28 heavy (non-hydrogen) atoms. The van der Waals surface area contributed by atoms with Gasteiger partial charge in [0.1, 0.15) is 6.04 Å². The van der Waals surface area contributed by atoms with Crippen molar-refractivity contribution in [2.24, 2.45) is 5.73 Å². The molecule has 0 unspecified atom stereocenters. The summed E-state index contributed by atoms with van der Waals surface area (Å²) in [4.78, 5) is 23.0. The minimum Gasteiger partial charge on any atom is -0.480 e. The summed E-state index contributed by atoms with van der Waals surface area (Å²) in [5, 5.41) is 11.4. The second-order valence-corrected chi connectivity index (χ2v) is 8.56. The number of rotatable bonds is 13. The number of carboxylic acids is 1. The molecule has 158 valence electrons.